The lowest BCUT2D eigenvalue weighted by Crippen LogP contribution is -2.47. The minimum Gasteiger partial charge on any atom is -0.497 e. The van der Waals surface area contributed by atoms with Crippen LogP contribution in [0.3, 0.4) is 0 Å². The zero-order chi connectivity index (χ0) is 17.0. The third-order valence-corrected chi connectivity index (χ3v) is 7.67. The van der Waals surface area contributed by atoms with Gasteiger partial charge in [0.05, 0.1) is 17.4 Å². The van der Waals surface area contributed by atoms with Gasteiger partial charge in [0.15, 0.2) is 5.78 Å². The van der Waals surface area contributed by atoms with E-state index >= 15 is 0 Å². The minimum atomic E-state index is -0.710. The number of carbonyl (C=O) groups is 2. The molecule has 0 unspecified atom stereocenters. The van der Waals surface area contributed by atoms with Gasteiger partial charge >= 0.3 is 0 Å². The van der Waals surface area contributed by atoms with Crippen LogP contribution >= 0.6 is 15.9 Å². The Hall–Kier alpha value is -1.36. The van der Waals surface area contributed by atoms with Crippen molar-refractivity contribution >= 4 is 33.3 Å². The maximum atomic E-state index is 13.1. The first-order valence-corrected chi connectivity index (χ1v) is 8.76. The van der Waals surface area contributed by atoms with Crippen molar-refractivity contribution in [2.45, 2.75) is 38.4 Å². The van der Waals surface area contributed by atoms with Crippen molar-refractivity contribution in [3.05, 3.63) is 24.3 Å². The molecular formula is C18H22BrNO3. The van der Waals surface area contributed by atoms with Crippen molar-refractivity contribution in [3.8, 4) is 5.75 Å². The lowest BCUT2D eigenvalue weighted by atomic mass is 9.64. The number of benzene rings is 1. The summed E-state index contributed by atoms with van der Waals surface area (Å²) in [5.41, 5.74) is -0.826. The van der Waals surface area contributed by atoms with Gasteiger partial charge in [0.25, 0.3) is 0 Å². The molecular weight excluding hydrogens is 358 g/mol. The molecule has 3 atom stereocenters. The van der Waals surface area contributed by atoms with Crippen LogP contribution in [0.2, 0.25) is 0 Å². The van der Waals surface area contributed by atoms with Crippen LogP contribution in [-0.2, 0) is 9.59 Å². The average molecular weight is 380 g/mol. The monoisotopic (exact) mass is 379 g/mol. The molecule has 2 bridgehead atoms. The number of alkyl halides is 1. The second kappa shape index (κ2) is 5.07. The molecule has 0 saturated heterocycles. The first kappa shape index (κ1) is 16.5. The van der Waals surface area contributed by atoms with Crippen LogP contribution in [0.5, 0.6) is 5.75 Å². The van der Waals surface area contributed by atoms with Gasteiger partial charge in [0, 0.05) is 11.1 Å². The van der Waals surface area contributed by atoms with Crippen LogP contribution in [0, 0.1) is 16.2 Å². The molecule has 0 heterocycles. The van der Waals surface area contributed by atoms with Gasteiger partial charge in [-0.2, -0.15) is 0 Å². The fourth-order valence-electron chi connectivity index (χ4n) is 4.37. The van der Waals surface area contributed by atoms with Crippen LogP contribution in [0.15, 0.2) is 24.3 Å². The lowest BCUT2D eigenvalue weighted by molar-refractivity contribution is -0.130. The molecule has 1 aromatic rings. The number of ether oxygens (including phenoxy) is 1. The van der Waals surface area contributed by atoms with Crippen molar-refractivity contribution in [1.29, 1.82) is 0 Å². The summed E-state index contributed by atoms with van der Waals surface area (Å²) in [6.07, 6.45) is 1.48. The van der Waals surface area contributed by atoms with Gasteiger partial charge < -0.3 is 10.1 Å². The lowest BCUT2D eigenvalue weighted by Gasteiger charge is -2.39. The fourth-order valence-corrected chi connectivity index (χ4v) is 5.89. The fraction of sp³-hybridized carbons (Fsp3) is 0.556. The summed E-state index contributed by atoms with van der Waals surface area (Å²) in [6.45, 7) is 6.10. The molecule has 124 valence electrons. The predicted octanol–water partition coefficient (Wildman–Crippen LogP) is 3.79. The zero-order valence-electron chi connectivity index (χ0n) is 13.9. The van der Waals surface area contributed by atoms with Gasteiger partial charge in [-0.15, -0.1) is 0 Å². The van der Waals surface area contributed by atoms with Gasteiger partial charge in [0.1, 0.15) is 5.75 Å². The SMILES string of the molecule is COc1ccc(NC(=O)[C@@]23CC[C@@](C)(C(=O)[C@H]2Br)C3(C)C)cc1. The molecule has 1 aromatic carbocycles. The van der Waals surface area contributed by atoms with E-state index in [1.807, 2.05) is 45.0 Å². The largest absolute Gasteiger partial charge is 0.497 e. The molecule has 2 fully saturated rings. The maximum Gasteiger partial charge on any atom is 0.232 e. The smallest absolute Gasteiger partial charge is 0.232 e. The first-order valence-electron chi connectivity index (χ1n) is 7.84. The summed E-state index contributed by atoms with van der Waals surface area (Å²) in [6, 6.07) is 7.24. The highest BCUT2D eigenvalue weighted by atomic mass is 79.9. The summed E-state index contributed by atoms with van der Waals surface area (Å²) in [5.74, 6) is 0.812. The van der Waals surface area contributed by atoms with Gasteiger partial charge in [-0.05, 0) is 42.5 Å². The third kappa shape index (κ3) is 1.89. The molecule has 4 nitrogen and oxygen atoms in total. The van der Waals surface area contributed by atoms with Gasteiger partial charge in [0.2, 0.25) is 5.91 Å². The molecule has 0 spiro atoms. The molecule has 1 amide bonds. The summed E-state index contributed by atoms with van der Waals surface area (Å²) in [4.78, 5) is 25.4. The second-order valence-electron chi connectivity index (χ2n) is 7.34. The first-order chi connectivity index (χ1) is 10.7. The minimum absolute atomic E-state index is 0.0795. The Morgan fingerprint density at radius 3 is 2.30 bits per heavy atom. The van der Waals surface area contributed by atoms with Gasteiger partial charge in [-0.1, -0.05) is 36.7 Å². The predicted molar refractivity (Wildman–Crippen MR) is 92.9 cm³/mol. The van der Waals surface area contributed by atoms with Crippen LogP contribution < -0.4 is 10.1 Å². The molecule has 0 aromatic heterocycles. The van der Waals surface area contributed by atoms with E-state index in [2.05, 4.69) is 21.2 Å². The molecule has 0 radical (unpaired) electrons. The van der Waals surface area contributed by atoms with Crippen LogP contribution in [0.4, 0.5) is 5.69 Å². The Balaban J connectivity index is 1.93. The van der Waals surface area contributed by atoms with Crippen molar-refractivity contribution in [1.82, 2.24) is 0 Å². The Morgan fingerprint density at radius 2 is 1.83 bits per heavy atom. The molecule has 2 saturated carbocycles. The summed E-state index contributed by atoms with van der Waals surface area (Å²) in [7, 11) is 1.61. The third-order valence-electron chi connectivity index (χ3n) is 6.47. The Kier molecular flexibility index (Phi) is 3.63. The number of Topliss-reactive ketones (excluding diaryl/α,β-unsaturated/α-hetero) is 1. The number of rotatable bonds is 3. The summed E-state index contributed by atoms with van der Waals surface area (Å²) >= 11 is 3.54. The maximum absolute atomic E-state index is 13.1. The van der Waals surface area contributed by atoms with Gasteiger partial charge in [-0.25, -0.2) is 0 Å². The number of hydrogen-bond donors (Lipinski definition) is 1. The molecule has 0 aliphatic heterocycles. The Labute approximate surface area is 145 Å². The number of carbonyl (C=O) groups excluding carboxylic acids is 2. The molecule has 2 aliphatic rings. The van der Waals surface area contributed by atoms with E-state index < -0.39 is 15.7 Å². The number of ketones is 1. The number of fused-ring (bicyclic) bond motifs is 2. The number of hydrogen-bond acceptors (Lipinski definition) is 3. The number of methoxy groups -OCH3 is 1. The van der Waals surface area contributed by atoms with E-state index in [0.29, 0.717) is 5.69 Å². The van der Waals surface area contributed by atoms with E-state index in [-0.39, 0.29) is 17.1 Å². The highest BCUT2D eigenvalue weighted by Crippen LogP contribution is 2.72. The number of anilines is 1. The van der Waals surface area contributed by atoms with Crippen LogP contribution in [0.25, 0.3) is 0 Å². The van der Waals surface area contributed by atoms with E-state index in [9.17, 15) is 9.59 Å². The highest BCUT2D eigenvalue weighted by molar-refractivity contribution is 9.10. The topological polar surface area (TPSA) is 55.4 Å². The van der Waals surface area contributed by atoms with Crippen molar-refractivity contribution in [2.24, 2.45) is 16.2 Å². The van der Waals surface area contributed by atoms with Crippen molar-refractivity contribution in [2.75, 3.05) is 12.4 Å². The summed E-state index contributed by atoms with van der Waals surface area (Å²) in [5, 5.41) is 3.00. The number of nitrogens with one attached hydrogen (secondary N) is 1. The molecule has 5 heteroatoms. The van der Waals surface area contributed by atoms with Gasteiger partial charge in [-0.3, -0.25) is 9.59 Å². The van der Waals surface area contributed by atoms with E-state index in [1.165, 1.54) is 0 Å². The Morgan fingerprint density at radius 1 is 1.22 bits per heavy atom. The standard InChI is InChI=1S/C18H22BrNO3/c1-16(2)17(3)9-10-18(16,13(19)14(17)21)15(22)20-11-5-7-12(23-4)8-6-11/h5-8,13H,9-10H2,1-4H3,(H,20,22)/t13-,17+,18-/m1/s1. The molecule has 2 aliphatic carbocycles. The molecule has 1 N–H and O–H groups in total. The highest BCUT2D eigenvalue weighted by Gasteiger charge is 2.76. The molecule has 23 heavy (non-hydrogen) atoms. The van der Waals surface area contributed by atoms with E-state index in [4.69, 9.17) is 4.74 Å². The zero-order valence-corrected chi connectivity index (χ0v) is 15.5. The van der Waals surface area contributed by atoms with Crippen molar-refractivity contribution in [3.63, 3.8) is 0 Å². The second-order valence-corrected chi connectivity index (χ2v) is 8.25. The van der Waals surface area contributed by atoms with E-state index in [0.717, 1.165) is 18.6 Å². The number of amides is 1. The Bertz CT molecular complexity index is 669. The normalized spacial score (nSPS) is 34.5. The number of halogens is 1. The van der Waals surface area contributed by atoms with E-state index in [1.54, 1.807) is 7.11 Å². The average Bonchev–Trinajstić information content (AvgIpc) is 2.80. The summed E-state index contributed by atoms with van der Waals surface area (Å²) < 4.78 is 5.13. The molecule has 3 rings (SSSR count). The van der Waals surface area contributed by atoms with Crippen molar-refractivity contribution < 1.29 is 14.3 Å². The van der Waals surface area contributed by atoms with Crippen LogP contribution in [-0.4, -0.2) is 23.6 Å². The van der Waals surface area contributed by atoms with Crippen LogP contribution in [0.1, 0.15) is 33.6 Å². The quantitative estimate of drug-likeness (QED) is 0.812.